The summed E-state index contributed by atoms with van der Waals surface area (Å²) in [6.07, 6.45) is 0.747. The van der Waals surface area contributed by atoms with E-state index in [-0.39, 0.29) is 18.8 Å². The van der Waals surface area contributed by atoms with E-state index in [0.29, 0.717) is 0 Å². The molecule has 12 heavy (non-hydrogen) atoms. The smallest absolute Gasteiger partial charge is 0.0585 e. The lowest BCUT2D eigenvalue weighted by molar-refractivity contribution is 0.265. The Morgan fingerprint density at radius 1 is 1.25 bits per heavy atom. The summed E-state index contributed by atoms with van der Waals surface area (Å²) >= 11 is 0. The Hall–Kier alpha value is -0.900. The second kappa shape index (κ2) is 5.71. The molecule has 1 atom stereocenters. The molecule has 3 nitrogen and oxygen atoms in total. The molecule has 1 rings (SSSR count). The molecule has 0 fully saturated rings. The zero-order chi connectivity index (χ0) is 8.10. The van der Waals surface area contributed by atoms with Crippen LogP contribution in [0.4, 0.5) is 0 Å². The third kappa shape index (κ3) is 3.48. The van der Waals surface area contributed by atoms with Crippen molar-refractivity contribution in [3.05, 3.63) is 35.9 Å². The summed E-state index contributed by atoms with van der Waals surface area (Å²) < 4.78 is 0. The summed E-state index contributed by atoms with van der Waals surface area (Å²) in [6, 6.07) is 9.80. The SMILES string of the molecule is N[C@@H](CO)Cc1ccccc1.[N]. The summed E-state index contributed by atoms with van der Waals surface area (Å²) in [4.78, 5) is 0. The van der Waals surface area contributed by atoms with Gasteiger partial charge in [-0.1, -0.05) is 30.3 Å². The molecular formula is C9H13N2O. The van der Waals surface area contributed by atoms with E-state index in [4.69, 9.17) is 10.8 Å². The first-order valence-corrected chi connectivity index (χ1v) is 3.73. The van der Waals surface area contributed by atoms with E-state index in [1.165, 1.54) is 5.56 Å². The molecule has 3 heteroatoms. The number of benzene rings is 1. The van der Waals surface area contributed by atoms with Crippen molar-refractivity contribution in [2.45, 2.75) is 12.5 Å². The van der Waals surface area contributed by atoms with Crippen LogP contribution in [0.2, 0.25) is 0 Å². The van der Waals surface area contributed by atoms with Gasteiger partial charge in [-0.25, -0.2) is 0 Å². The number of aliphatic hydroxyl groups is 1. The van der Waals surface area contributed by atoms with Crippen molar-refractivity contribution in [1.82, 2.24) is 6.15 Å². The zero-order valence-electron chi connectivity index (χ0n) is 6.85. The van der Waals surface area contributed by atoms with Gasteiger partial charge in [-0.3, -0.25) is 0 Å². The first-order valence-electron chi connectivity index (χ1n) is 3.73. The van der Waals surface area contributed by atoms with E-state index in [0.717, 1.165) is 6.42 Å². The van der Waals surface area contributed by atoms with Gasteiger partial charge in [-0.05, 0) is 12.0 Å². The Bertz CT molecular complexity index is 201. The van der Waals surface area contributed by atoms with Crippen molar-refractivity contribution in [2.24, 2.45) is 5.73 Å². The highest BCUT2D eigenvalue weighted by Crippen LogP contribution is 2.00. The van der Waals surface area contributed by atoms with Crippen molar-refractivity contribution in [1.29, 1.82) is 0 Å². The highest BCUT2D eigenvalue weighted by Gasteiger charge is 1.99. The number of rotatable bonds is 3. The van der Waals surface area contributed by atoms with Crippen LogP contribution in [0.3, 0.4) is 0 Å². The predicted octanol–water partition coefficient (Wildman–Crippen LogP) is 0.0681. The van der Waals surface area contributed by atoms with Crippen molar-refractivity contribution in [3.63, 3.8) is 0 Å². The maximum absolute atomic E-state index is 8.67. The molecular weight excluding hydrogens is 152 g/mol. The Morgan fingerprint density at radius 3 is 2.33 bits per heavy atom. The van der Waals surface area contributed by atoms with Gasteiger partial charge in [-0.2, -0.15) is 0 Å². The van der Waals surface area contributed by atoms with Crippen LogP contribution in [0.25, 0.3) is 0 Å². The van der Waals surface area contributed by atoms with Crippen LogP contribution in [-0.4, -0.2) is 17.8 Å². The Kier molecular flexibility index (Phi) is 5.28. The number of nitrogens with two attached hydrogens (primary N) is 1. The minimum Gasteiger partial charge on any atom is -0.395 e. The monoisotopic (exact) mass is 165 g/mol. The van der Waals surface area contributed by atoms with Crippen LogP contribution in [0.1, 0.15) is 5.56 Å². The number of aliphatic hydroxyl groups excluding tert-OH is 1. The average Bonchev–Trinajstić information content (AvgIpc) is 2.06. The molecule has 0 aliphatic heterocycles. The lowest BCUT2D eigenvalue weighted by atomic mass is 10.1. The van der Waals surface area contributed by atoms with Gasteiger partial charge >= 0.3 is 0 Å². The molecule has 1 aromatic rings. The lowest BCUT2D eigenvalue weighted by Gasteiger charge is -2.06. The molecule has 0 heterocycles. The molecule has 65 valence electrons. The van der Waals surface area contributed by atoms with Gasteiger partial charge in [-0.15, -0.1) is 0 Å². The van der Waals surface area contributed by atoms with E-state index < -0.39 is 0 Å². The van der Waals surface area contributed by atoms with Gasteiger partial charge in [0.25, 0.3) is 0 Å². The minimum absolute atomic E-state index is 0. The highest BCUT2D eigenvalue weighted by molar-refractivity contribution is 5.15. The number of hydrogen-bond acceptors (Lipinski definition) is 2. The second-order valence-electron chi connectivity index (χ2n) is 2.63. The quantitative estimate of drug-likeness (QED) is 0.664. The Morgan fingerprint density at radius 2 is 1.83 bits per heavy atom. The number of hydrogen-bond donors (Lipinski definition) is 2. The lowest BCUT2D eigenvalue weighted by Crippen LogP contribution is -2.26. The minimum atomic E-state index is -0.127. The van der Waals surface area contributed by atoms with Gasteiger partial charge in [0.2, 0.25) is 0 Å². The summed E-state index contributed by atoms with van der Waals surface area (Å²) in [6.45, 7) is 0.0505. The summed E-state index contributed by atoms with van der Waals surface area (Å²) in [5.74, 6) is 0. The molecule has 0 unspecified atom stereocenters. The largest absolute Gasteiger partial charge is 0.395 e. The highest BCUT2D eigenvalue weighted by atomic mass is 16.3. The molecule has 0 saturated heterocycles. The molecule has 0 aromatic heterocycles. The van der Waals surface area contributed by atoms with Gasteiger partial charge in [0.1, 0.15) is 0 Å². The Labute approximate surface area is 72.8 Å². The van der Waals surface area contributed by atoms with Gasteiger partial charge in [0.15, 0.2) is 0 Å². The fraction of sp³-hybridized carbons (Fsp3) is 0.333. The normalized spacial score (nSPS) is 11.8. The van der Waals surface area contributed by atoms with E-state index in [1.807, 2.05) is 30.3 Å². The fourth-order valence-corrected chi connectivity index (χ4v) is 0.981. The molecule has 0 spiro atoms. The molecule has 0 saturated carbocycles. The van der Waals surface area contributed by atoms with Crippen LogP contribution in [0, 0.1) is 0 Å². The third-order valence-corrected chi connectivity index (χ3v) is 1.58. The maximum atomic E-state index is 8.67. The van der Waals surface area contributed by atoms with Crippen molar-refractivity contribution >= 4 is 0 Å². The topological polar surface area (TPSA) is 76.8 Å². The molecule has 0 aliphatic rings. The van der Waals surface area contributed by atoms with E-state index in [1.54, 1.807) is 0 Å². The second-order valence-corrected chi connectivity index (χ2v) is 2.63. The van der Waals surface area contributed by atoms with Crippen molar-refractivity contribution < 1.29 is 5.11 Å². The third-order valence-electron chi connectivity index (χ3n) is 1.58. The maximum Gasteiger partial charge on any atom is 0.0585 e. The molecule has 3 N–H and O–H groups in total. The van der Waals surface area contributed by atoms with E-state index >= 15 is 0 Å². The van der Waals surface area contributed by atoms with Crippen LogP contribution >= 0.6 is 0 Å². The molecule has 0 amide bonds. The first-order chi connectivity index (χ1) is 5.33. The van der Waals surface area contributed by atoms with Gasteiger partial charge < -0.3 is 10.8 Å². The zero-order valence-corrected chi connectivity index (χ0v) is 6.85. The molecule has 3 radical (unpaired) electrons. The van der Waals surface area contributed by atoms with Crippen LogP contribution in [0.15, 0.2) is 30.3 Å². The fourth-order valence-electron chi connectivity index (χ4n) is 0.981. The standard InChI is InChI=1S/C9H13NO.N/c10-9(7-11)6-8-4-2-1-3-5-8;/h1-5,9,11H,6-7,10H2;/t9-;/m1./s1. The van der Waals surface area contributed by atoms with E-state index in [2.05, 4.69) is 0 Å². The summed E-state index contributed by atoms with van der Waals surface area (Å²) in [5, 5.41) is 8.67. The molecule has 0 aliphatic carbocycles. The van der Waals surface area contributed by atoms with Crippen LogP contribution < -0.4 is 11.9 Å². The summed E-state index contributed by atoms with van der Waals surface area (Å²) in [7, 11) is 0. The molecule has 1 aromatic carbocycles. The predicted molar refractivity (Wildman–Crippen MR) is 47.3 cm³/mol. The van der Waals surface area contributed by atoms with Gasteiger partial charge in [0, 0.05) is 12.2 Å². The van der Waals surface area contributed by atoms with E-state index in [9.17, 15) is 0 Å². The van der Waals surface area contributed by atoms with Gasteiger partial charge in [0.05, 0.1) is 6.61 Å². The Balaban J connectivity index is 0.00000121. The van der Waals surface area contributed by atoms with Crippen molar-refractivity contribution in [3.8, 4) is 0 Å². The number of nitrogens with zero attached hydrogens (tertiary/aromatic N) is 1. The van der Waals surface area contributed by atoms with Crippen LogP contribution in [0.5, 0.6) is 0 Å². The van der Waals surface area contributed by atoms with Crippen LogP contribution in [-0.2, 0) is 6.42 Å². The first kappa shape index (κ1) is 11.1. The molecule has 0 bridgehead atoms. The average molecular weight is 165 g/mol. The van der Waals surface area contributed by atoms with Crippen molar-refractivity contribution in [2.75, 3.05) is 6.61 Å². The summed E-state index contributed by atoms with van der Waals surface area (Å²) in [5.41, 5.74) is 6.73.